The van der Waals surface area contributed by atoms with Crippen LogP contribution in [-0.2, 0) is 11.2 Å². The first-order valence-electron chi connectivity index (χ1n) is 9.24. The summed E-state index contributed by atoms with van der Waals surface area (Å²) >= 11 is 2.34. The molecule has 152 valence electrons. The predicted molar refractivity (Wildman–Crippen MR) is 120 cm³/mol. The van der Waals surface area contributed by atoms with Gasteiger partial charge in [-0.05, 0) is 59.3 Å². The molecule has 0 aliphatic heterocycles. The number of hydrogen-bond donors (Lipinski definition) is 1. The van der Waals surface area contributed by atoms with Crippen molar-refractivity contribution in [3.8, 4) is 6.07 Å². The van der Waals surface area contributed by atoms with Crippen LogP contribution in [0.4, 0.5) is 0 Å². The second-order valence-corrected chi connectivity index (χ2v) is 8.37. The van der Waals surface area contributed by atoms with E-state index < -0.39 is 5.97 Å². The van der Waals surface area contributed by atoms with Crippen LogP contribution in [-0.4, -0.2) is 25.6 Å². The predicted octanol–water partition coefficient (Wildman–Crippen LogP) is 4.90. The minimum absolute atomic E-state index is 0.0599. The van der Waals surface area contributed by atoms with E-state index >= 15 is 0 Å². The van der Waals surface area contributed by atoms with Gasteiger partial charge in [0.1, 0.15) is 11.0 Å². The molecule has 0 radical (unpaired) electrons. The summed E-state index contributed by atoms with van der Waals surface area (Å²) in [7, 11) is 0. The molecule has 0 fully saturated rings. The third-order valence-electron chi connectivity index (χ3n) is 4.75. The Balaban J connectivity index is 1.89. The summed E-state index contributed by atoms with van der Waals surface area (Å²) in [6.45, 7) is 1.89. The van der Waals surface area contributed by atoms with Crippen molar-refractivity contribution in [3.05, 3.63) is 86.6 Å². The molecule has 4 rings (SSSR count). The number of carboxylic acid groups (broad SMARTS) is 1. The summed E-state index contributed by atoms with van der Waals surface area (Å²) < 4.78 is 8.35. The molecule has 2 aromatic carbocycles. The van der Waals surface area contributed by atoms with Gasteiger partial charge in [-0.15, -0.1) is 11.3 Å². The van der Waals surface area contributed by atoms with Crippen molar-refractivity contribution in [1.82, 2.24) is 8.75 Å². The van der Waals surface area contributed by atoms with Gasteiger partial charge in [0.15, 0.2) is 5.78 Å². The number of allylic oxidation sites excluding steroid dienone is 1. The first-order chi connectivity index (χ1) is 15.0. The van der Waals surface area contributed by atoms with Gasteiger partial charge in [-0.2, -0.15) is 14.0 Å². The van der Waals surface area contributed by atoms with Crippen LogP contribution in [0.3, 0.4) is 0 Å². The molecule has 2 aromatic heterocycles. The average Bonchev–Trinajstić information content (AvgIpc) is 3.41. The highest BCUT2D eigenvalue weighted by Crippen LogP contribution is 2.29. The zero-order chi connectivity index (χ0) is 22.0. The molecule has 0 saturated heterocycles. The Morgan fingerprint density at radius 3 is 2.45 bits per heavy atom. The number of rotatable bonds is 6. The SMILES string of the molecule is Cc1csc(C(=O)C(Cc2ccc(C#N)cc2)=C(C(=O)O)c2ccc3nsnc3c2)c1. The van der Waals surface area contributed by atoms with Gasteiger partial charge in [-0.1, -0.05) is 18.2 Å². The van der Waals surface area contributed by atoms with Gasteiger partial charge in [0.05, 0.1) is 33.8 Å². The van der Waals surface area contributed by atoms with Crippen molar-refractivity contribution in [2.45, 2.75) is 13.3 Å². The van der Waals surface area contributed by atoms with Gasteiger partial charge in [0, 0.05) is 12.0 Å². The number of aliphatic carboxylic acids is 1. The lowest BCUT2D eigenvalue weighted by molar-refractivity contribution is -0.130. The monoisotopic (exact) mass is 445 g/mol. The summed E-state index contributed by atoms with van der Waals surface area (Å²) in [5, 5.41) is 21.0. The zero-order valence-electron chi connectivity index (χ0n) is 16.3. The fourth-order valence-electron chi connectivity index (χ4n) is 3.25. The van der Waals surface area contributed by atoms with Gasteiger partial charge in [-0.25, -0.2) is 4.79 Å². The van der Waals surface area contributed by atoms with Crippen molar-refractivity contribution >= 4 is 51.4 Å². The number of ketones is 1. The number of aromatic nitrogens is 2. The maximum absolute atomic E-state index is 13.4. The summed E-state index contributed by atoms with van der Waals surface area (Å²) in [6.07, 6.45) is 0.122. The minimum atomic E-state index is -1.19. The molecule has 1 N–H and O–H groups in total. The third kappa shape index (κ3) is 4.28. The molecule has 0 unspecified atom stereocenters. The topological polar surface area (TPSA) is 104 Å². The molecular formula is C23H15N3O3S2. The van der Waals surface area contributed by atoms with Gasteiger partial charge in [0.2, 0.25) is 0 Å². The number of Topliss-reactive ketones (excluding diaryl/α,β-unsaturated/α-hetero) is 1. The Hall–Kier alpha value is -3.67. The Kier molecular flexibility index (Phi) is 5.71. The van der Waals surface area contributed by atoms with E-state index in [2.05, 4.69) is 14.8 Å². The van der Waals surface area contributed by atoms with Crippen LogP contribution in [0.2, 0.25) is 0 Å². The van der Waals surface area contributed by atoms with Crippen LogP contribution < -0.4 is 0 Å². The number of carbonyl (C=O) groups is 2. The molecule has 8 heteroatoms. The Bertz CT molecular complexity index is 1380. The van der Waals surface area contributed by atoms with Crippen molar-refractivity contribution in [2.75, 3.05) is 0 Å². The van der Waals surface area contributed by atoms with E-state index in [1.54, 1.807) is 48.5 Å². The third-order valence-corrected chi connectivity index (χ3v) is 6.35. The number of carbonyl (C=O) groups excluding carboxylic acids is 1. The first kappa shape index (κ1) is 20.6. The smallest absolute Gasteiger partial charge is 0.336 e. The highest BCUT2D eigenvalue weighted by molar-refractivity contribution is 7.12. The van der Waals surface area contributed by atoms with Crippen molar-refractivity contribution in [3.63, 3.8) is 0 Å². The number of thiophene rings is 1. The number of nitrogens with zero attached hydrogens (tertiary/aromatic N) is 3. The Morgan fingerprint density at radius 2 is 1.81 bits per heavy atom. The van der Waals surface area contributed by atoms with Crippen molar-refractivity contribution < 1.29 is 14.7 Å². The molecule has 31 heavy (non-hydrogen) atoms. The largest absolute Gasteiger partial charge is 0.478 e. The second-order valence-electron chi connectivity index (χ2n) is 6.93. The first-order valence-corrected chi connectivity index (χ1v) is 10.9. The normalized spacial score (nSPS) is 11.7. The molecule has 2 heterocycles. The zero-order valence-corrected chi connectivity index (χ0v) is 18.0. The molecule has 4 aromatic rings. The second kappa shape index (κ2) is 8.60. The van der Waals surface area contributed by atoms with Crippen LogP contribution in [0.15, 0.2) is 59.5 Å². The molecule has 6 nitrogen and oxygen atoms in total. The van der Waals surface area contributed by atoms with E-state index in [1.165, 1.54) is 11.3 Å². The number of benzene rings is 2. The van der Waals surface area contributed by atoms with Gasteiger partial charge >= 0.3 is 5.97 Å². The number of nitriles is 1. The van der Waals surface area contributed by atoms with E-state index in [1.807, 2.05) is 12.3 Å². The fraction of sp³-hybridized carbons (Fsp3) is 0.0870. The summed E-state index contributed by atoms with van der Waals surface area (Å²) in [4.78, 5) is 26.3. The molecule has 0 aliphatic rings. The van der Waals surface area contributed by atoms with Gasteiger partial charge in [0.25, 0.3) is 0 Å². The number of fused-ring (bicyclic) bond motifs is 1. The minimum Gasteiger partial charge on any atom is -0.478 e. The van der Waals surface area contributed by atoms with Gasteiger partial charge < -0.3 is 5.11 Å². The van der Waals surface area contributed by atoms with Crippen molar-refractivity contribution in [2.24, 2.45) is 0 Å². The highest BCUT2D eigenvalue weighted by atomic mass is 32.1. The summed E-state index contributed by atoms with van der Waals surface area (Å²) in [6, 6.07) is 15.6. The molecule has 0 amide bonds. The highest BCUT2D eigenvalue weighted by Gasteiger charge is 2.25. The van der Waals surface area contributed by atoms with E-state index in [4.69, 9.17) is 5.26 Å². The molecule has 0 atom stereocenters. The van der Waals surface area contributed by atoms with Gasteiger partial charge in [-0.3, -0.25) is 4.79 Å². The maximum atomic E-state index is 13.4. The van der Waals surface area contributed by atoms with Crippen LogP contribution in [0, 0.1) is 18.3 Å². The molecular weight excluding hydrogens is 430 g/mol. The van der Waals surface area contributed by atoms with Crippen LogP contribution in [0.5, 0.6) is 0 Å². The molecule has 0 aliphatic carbocycles. The number of aryl methyl sites for hydroxylation is 1. The average molecular weight is 446 g/mol. The molecule has 0 spiro atoms. The lowest BCUT2D eigenvalue weighted by Crippen LogP contribution is -2.13. The van der Waals surface area contributed by atoms with Crippen LogP contribution in [0.1, 0.15) is 31.9 Å². The maximum Gasteiger partial charge on any atom is 0.336 e. The molecule has 0 bridgehead atoms. The Morgan fingerprint density at radius 1 is 1.06 bits per heavy atom. The summed E-state index contributed by atoms with van der Waals surface area (Å²) in [5.41, 5.74) is 3.96. The summed E-state index contributed by atoms with van der Waals surface area (Å²) in [5.74, 6) is -1.51. The quantitative estimate of drug-likeness (QED) is 0.334. The lowest BCUT2D eigenvalue weighted by atomic mass is 9.91. The van der Waals surface area contributed by atoms with E-state index in [0.29, 0.717) is 27.0 Å². The number of hydrogen-bond acceptors (Lipinski definition) is 7. The van der Waals surface area contributed by atoms with E-state index in [0.717, 1.165) is 22.9 Å². The van der Waals surface area contributed by atoms with E-state index in [9.17, 15) is 14.7 Å². The van der Waals surface area contributed by atoms with Crippen molar-refractivity contribution in [1.29, 1.82) is 5.26 Å². The van der Waals surface area contributed by atoms with Crippen LogP contribution >= 0.6 is 23.1 Å². The fourth-order valence-corrected chi connectivity index (χ4v) is 4.63. The lowest BCUT2D eigenvalue weighted by Gasteiger charge is -2.12. The number of carboxylic acids is 1. The van der Waals surface area contributed by atoms with E-state index in [-0.39, 0.29) is 23.4 Å². The standard InChI is InChI=1S/C23H15N3O3S2/c1-13-8-20(30-12-13)22(27)17(9-14-2-4-15(11-24)5-3-14)21(23(28)29)16-6-7-18-19(10-16)26-31-25-18/h2-8,10,12H,9H2,1H3,(H,28,29). The van der Waals surface area contributed by atoms with Crippen LogP contribution in [0.25, 0.3) is 16.6 Å². The molecule has 0 saturated carbocycles. The Labute approximate surface area is 186 Å².